The van der Waals surface area contributed by atoms with E-state index in [4.69, 9.17) is 0 Å². The van der Waals surface area contributed by atoms with E-state index < -0.39 is 0 Å². The van der Waals surface area contributed by atoms with E-state index in [9.17, 15) is 0 Å². The van der Waals surface area contributed by atoms with E-state index in [-0.39, 0.29) is 0 Å². The van der Waals surface area contributed by atoms with Crippen LogP contribution >= 0.6 is 27.3 Å². The van der Waals surface area contributed by atoms with Crippen LogP contribution in [0.3, 0.4) is 0 Å². The average molecular weight is 232 g/mol. The molecule has 0 aliphatic carbocycles. The summed E-state index contributed by atoms with van der Waals surface area (Å²) >= 11 is 5.34. The van der Waals surface area contributed by atoms with Gasteiger partial charge in [-0.15, -0.1) is 0 Å². The maximum Gasteiger partial charge on any atom is 0.0317 e. The Labute approximate surface area is 78.9 Å². The van der Waals surface area contributed by atoms with E-state index in [2.05, 4.69) is 32.0 Å². The van der Waals surface area contributed by atoms with Gasteiger partial charge in [0.15, 0.2) is 0 Å². The third-order valence-corrected chi connectivity index (χ3v) is 3.89. The highest BCUT2D eigenvalue weighted by Gasteiger charge is 2.18. The van der Waals surface area contributed by atoms with E-state index in [1.165, 1.54) is 23.0 Å². The lowest BCUT2D eigenvalue weighted by molar-refractivity contribution is 0.763. The van der Waals surface area contributed by atoms with Crippen LogP contribution in [0.1, 0.15) is 17.9 Å². The molecule has 0 aromatic carbocycles. The Balaban J connectivity index is 2.21. The molecule has 2 rings (SSSR count). The molecule has 1 saturated heterocycles. The Morgan fingerprint density at radius 2 is 2.45 bits per heavy atom. The van der Waals surface area contributed by atoms with E-state index in [1.807, 2.05) is 0 Å². The summed E-state index contributed by atoms with van der Waals surface area (Å²) in [5.41, 5.74) is 1.49. The van der Waals surface area contributed by atoms with Gasteiger partial charge in [0.25, 0.3) is 0 Å². The van der Waals surface area contributed by atoms with Crippen LogP contribution in [0.2, 0.25) is 0 Å². The maximum absolute atomic E-state index is 3.56. The summed E-state index contributed by atoms with van der Waals surface area (Å²) in [5, 5.41) is 7.78. The number of thiophene rings is 1. The standard InChI is InChI=1S/C8H10BrNS/c9-8-5-11-4-7(8)6-1-2-10-3-6/h4-6,10H,1-3H2. The fraction of sp³-hybridized carbons (Fsp3) is 0.500. The lowest BCUT2D eigenvalue weighted by Crippen LogP contribution is -2.07. The first-order valence-corrected chi connectivity index (χ1v) is 5.54. The molecule has 1 aliphatic heterocycles. The molecule has 1 N–H and O–H groups in total. The van der Waals surface area contributed by atoms with Crippen LogP contribution in [0.4, 0.5) is 0 Å². The fourth-order valence-corrected chi connectivity index (χ4v) is 3.21. The summed E-state index contributed by atoms with van der Waals surface area (Å²) < 4.78 is 1.29. The molecule has 1 nitrogen and oxygen atoms in total. The molecule has 1 fully saturated rings. The van der Waals surface area contributed by atoms with Crippen LogP contribution in [-0.4, -0.2) is 13.1 Å². The van der Waals surface area contributed by atoms with Crippen molar-refractivity contribution in [3.8, 4) is 0 Å². The van der Waals surface area contributed by atoms with E-state index >= 15 is 0 Å². The van der Waals surface area contributed by atoms with Crippen LogP contribution in [0.5, 0.6) is 0 Å². The van der Waals surface area contributed by atoms with Gasteiger partial charge >= 0.3 is 0 Å². The molecule has 0 saturated carbocycles. The SMILES string of the molecule is Brc1cscc1C1CCNC1. The highest BCUT2D eigenvalue weighted by molar-refractivity contribution is 9.10. The minimum absolute atomic E-state index is 0.746. The van der Waals surface area contributed by atoms with Crippen molar-refractivity contribution in [2.24, 2.45) is 0 Å². The first-order valence-electron chi connectivity index (χ1n) is 3.80. The lowest BCUT2D eigenvalue weighted by atomic mass is 10.0. The summed E-state index contributed by atoms with van der Waals surface area (Å²) in [4.78, 5) is 0. The molecule has 1 unspecified atom stereocenters. The largest absolute Gasteiger partial charge is 0.316 e. The van der Waals surface area contributed by atoms with Crippen molar-refractivity contribution in [1.29, 1.82) is 0 Å². The summed E-state index contributed by atoms with van der Waals surface area (Å²) in [6.45, 7) is 2.32. The molecular formula is C8H10BrNS. The molecule has 3 heteroatoms. The summed E-state index contributed by atoms with van der Waals surface area (Å²) in [6, 6.07) is 0. The first kappa shape index (κ1) is 7.77. The molecule has 1 aliphatic rings. The lowest BCUT2D eigenvalue weighted by Gasteiger charge is -2.05. The van der Waals surface area contributed by atoms with E-state index in [0.717, 1.165) is 12.5 Å². The Hall–Kier alpha value is 0.140. The molecule has 2 heterocycles. The third-order valence-electron chi connectivity index (χ3n) is 2.14. The Kier molecular flexibility index (Phi) is 2.30. The predicted octanol–water partition coefficient (Wildman–Crippen LogP) is 2.59. The Morgan fingerprint density at radius 1 is 1.55 bits per heavy atom. The van der Waals surface area contributed by atoms with Crippen molar-refractivity contribution < 1.29 is 0 Å². The number of nitrogens with one attached hydrogen (secondary N) is 1. The number of hydrogen-bond acceptors (Lipinski definition) is 2. The van der Waals surface area contributed by atoms with E-state index in [1.54, 1.807) is 11.3 Å². The van der Waals surface area contributed by atoms with Gasteiger partial charge in [0, 0.05) is 16.4 Å². The number of hydrogen-bond donors (Lipinski definition) is 1. The predicted molar refractivity (Wildman–Crippen MR) is 52.2 cm³/mol. The van der Waals surface area contributed by atoms with Gasteiger partial charge in [-0.05, 0) is 45.8 Å². The minimum Gasteiger partial charge on any atom is -0.316 e. The smallest absolute Gasteiger partial charge is 0.0317 e. The van der Waals surface area contributed by atoms with Crippen LogP contribution in [0.25, 0.3) is 0 Å². The van der Waals surface area contributed by atoms with Crippen molar-refractivity contribution in [3.05, 3.63) is 20.8 Å². The second-order valence-corrected chi connectivity index (χ2v) is 4.46. The van der Waals surface area contributed by atoms with Gasteiger partial charge < -0.3 is 5.32 Å². The monoisotopic (exact) mass is 231 g/mol. The van der Waals surface area contributed by atoms with Gasteiger partial charge in [0.2, 0.25) is 0 Å². The zero-order valence-electron chi connectivity index (χ0n) is 6.14. The highest BCUT2D eigenvalue weighted by Crippen LogP contribution is 2.31. The van der Waals surface area contributed by atoms with Crippen LogP contribution in [-0.2, 0) is 0 Å². The summed E-state index contributed by atoms with van der Waals surface area (Å²) in [7, 11) is 0. The first-order chi connectivity index (χ1) is 5.38. The zero-order valence-corrected chi connectivity index (χ0v) is 8.54. The zero-order chi connectivity index (χ0) is 7.68. The molecule has 0 radical (unpaired) electrons. The maximum atomic E-state index is 3.56. The topological polar surface area (TPSA) is 12.0 Å². The van der Waals surface area contributed by atoms with Gasteiger partial charge in [-0.1, -0.05) is 0 Å². The van der Waals surface area contributed by atoms with Gasteiger partial charge in [0.05, 0.1) is 0 Å². The Morgan fingerprint density at radius 3 is 3.00 bits per heavy atom. The van der Waals surface area contributed by atoms with Gasteiger partial charge in [0.1, 0.15) is 0 Å². The van der Waals surface area contributed by atoms with Gasteiger partial charge in [-0.25, -0.2) is 0 Å². The number of halogens is 1. The van der Waals surface area contributed by atoms with E-state index in [0.29, 0.717) is 0 Å². The van der Waals surface area contributed by atoms with Crippen LogP contribution < -0.4 is 5.32 Å². The summed E-state index contributed by atoms with van der Waals surface area (Å²) in [6.07, 6.45) is 1.29. The van der Waals surface area contributed by atoms with Crippen LogP contribution in [0.15, 0.2) is 15.2 Å². The van der Waals surface area contributed by atoms with Crippen LogP contribution in [0, 0.1) is 0 Å². The molecule has 0 spiro atoms. The highest BCUT2D eigenvalue weighted by atomic mass is 79.9. The molecule has 0 amide bonds. The molecule has 1 aromatic rings. The van der Waals surface area contributed by atoms with Crippen molar-refractivity contribution >= 4 is 27.3 Å². The molecule has 0 bridgehead atoms. The van der Waals surface area contributed by atoms with Gasteiger partial charge in [-0.3, -0.25) is 0 Å². The normalized spacial score (nSPS) is 24.3. The number of rotatable bonds is 1. The molecule has 1 atom stereocenters. The fourth-order valence-electron chi connectivity index (χ4n) is 1.50. The molecule has 60 valence electrons. The van der Waals surface area contributed by atoms with Crippen molar-refractivity contribution in [2.45, 2.75) is 12.3 Å². The minimum atomic E-state index is 0.746. The second-order valence-electron chi connectivity index (χ2n) is 2.86. The molecule has 1 aromatic heterocycles. The Bertz CT molecular complexity index is 240. The average Bonchev–Trinajstić information content (AvgIpc) is 2.55. The third kappa shape index (κ3) is 1.50. The van der Waals surface area contributed by atoms with Gasteiger partial charge in [-0.2, -0.15) is 11.3 Å². The quantitative estimate of drug-likeness (QED) is 0.784. The summed E-state index contributed by atoms with van der Waals surface area (Å²) in [5.74, 6) is 0.746. The van der Waals surface area contributed by atoms with Crippen molar-refractivity contribution in [3.63, 3.8) is 0 Å². The molecule has 11 heavy (non-hydrogen) atoms. The van der Waals surface area contributed by atoms with Crippen molar-refractivity contribution in [1.82, 2.24) is 5.32 Å². The second kappa shape index (κ2) is 3.25. The van der Waals surface area contributed by atoms with Crippen molar-refractivity contribution in [2.75, 3.05) is 13.1 Å². The molecular weight excluding hydrogens is 222 g/mol.